The summed E-state index contributed by atoms with van der Waals surface area (Å²) in [5, 5.41) is 0.432. The highest BCUT2D eigenvalue weighted by molar-refractivity contribution is 6.31. The fraction of sp³-hybridized carbons (Fsp3) is 0.600. The molecule has 0 unspecified atom stereocenters. The summed E-state index contributed by atoms with van der Waals surface area (Å²) >= 11 is 5.97. The van der Waals surface area contributed by atoms with Gasteiger partial charge in [-0.1, -0.05) is 11.6 Å². The third kappa shape index (κ3) is 2.59. The van der Waals surface area contributed by atoms with Crippen LogP contribution in [0.5, 0.6) is 0 Å². The van der Waals surface area contributed by atoms with Crippen molar-refractivity contribution in [2.24, 2.45) is 0 Å². The van der Waals surface area contributed by atoms with Gasteiger partial charge in [-0.25, -0.2) is 14.4 Å². The van der Waals surface area contributed by atoms with Gasteiger partial charge in [0.25, 0.3) is 0 Å². The predicted octanol–water partition coefficient (Wildman–Crippen LogP) is 1.22. The van der Waals surface area contributed by atoms with Crippen LogP contribution < -0.4 is 4.90 Å². The Kier molecular flexibility index (Phi) is 3.90. The molecule has 1 aromatic heterocycles. The first-order valence-corrected chi connectivity index (χ1v) is 5.69. The fourth-order valence-corrected chi connectivity index (χ4v) is 2.05. The average molecular weight is 245 g/mol. The van der Waals surface area contributed by atoms with Gasteiger partial charge >= 0.3 is 0 Å². The molecule has 0 aromatic carbocycles. The third-order valence-electron chi connectivity index (χ3n) is 2.71. The van der Waals surface area contributed by atoms with Crippen molar-refractivity contribution in [1.82, 2.24) is 14.9 Å². The first-order chi connectivity index (χ1) is 7.81. The molecule has 0 N–H and O–H groups in total. The molecule has 16 heavy (non-hydrogen) atoms. The zero-order chi connectivity index (χ0) is 11.4. The number of rotatable bonds is 3. The van der Waals surface area contributed by atoms with Crippen LogP contribution >= 0.6 is 11.6 Å². The molecular weight excluding hydrogens is 231 g/mol. The molecule has 1 aromatic rings. The van der Waals surface area contributed by atoms with Crippen molar-refractivity contribution >= 4 is 17.4 Å². The maximum atomic E-state index is 12.2. The summed E-state index contributed by atoms with van der Waals surface area (Å²) in [5.74, 6) is 0.726. The Morgan fingerprint density at radius 1 is 1.19 bits per heavy atom. The van der Waals surface area contributed by atoms with Gasteiger partial charge in [-0.3, -0.25) is 4.90 Å². The maximum absolute atomic E-state index is 12.2. The SMILES string of the molecule is FCCN1CCN(c2nccnc2Cl)CC1. The van der Waals surface area contributed by atoms with Crippen molar-refractivity contribution in [3.05, 3.63) is 17.5 Å². The highest BCUT2D eigenvalue weighted by Gasteiger charge is 2.19. The van der Waals surface area contributed by atoms with E-state index in [1.807, 2.05) is 0 Å². The van der Waals surface area contributed by atoms with E-state index < -0.39 is 0 Å². The number of anilines is 1. The lowest BCUT2D eigenvalue weighted by atomic mass is 10.3. The molecule has 1 aliphatic heterocycles. The molecule has 0 aliphatic carbocycles. The number of nitrogens with zero attached hydrogens (tertiary/aromatic N) is 4. The van der Waals surface area contributed by atoms with Crippen LogP contribution in [-0.4, -0.2) is 54.3 Å². The lowest BCUT2D eigenvalue weighted by Crippen LogP contribution is -2.47. The molecule has 6 heteroatoms. The quantitative estimate of drug-likeness (QED) is 0.801. The van der Waals surface area contributed by atoms with Gasteiger partial charge in [0.05, 0.1) is 0 Å². The first-order valence-electron chi connectivity index (χ1n) is 5.31. The van der Waals surface area contributed by atoms with Crippen LogP contribution in [0.4, 0.5) is 10.2 Å². The number of hydrogen-bond acceptors (Lipinski definition) is 4. The number of halogens is 2. The second-order valence-corrected chi connectivity index (χ2v) is 4.05. The molecule has 0 saturated carbocycles. The van der Waals surface area contributed by atoms with E-state index in [1.165, 1.54) is 0 Å². The molecule has 2 heterocycles. The third-order valence-corrected chi connectivity index (χ3v) is 2.98. The van der Waals surface area contributed by atoms with Crippen molar-refractivity contribution in [2.45, 2.75) is 0 Å². The monoisotopic (exact) mass is 244 g/mol. The molecule has 0 atom stereocenters. The van der Waals surface area contributed by atoms with Crippen LogP contribution in [0.25, 0.3) is 0 Å². The smallest absolute Gasteiger partial charge is 0.171 e. The van der Waals surface area contributed by atoms with Gasteiger partial charge in [0, 0.05) is 45.1 Å². The molecule has 1 fully saturated rings. The number of piperazine rings is 1. The zero-order valence-corrected chi connectivity index (χ0v) is 9.70. The van der Waals surface area contributed by atoms with Gasteiger partial charge in [0.2, 0.25) is 0 Å². The van der Waals surface area contributed by atoms with E-state index in [-0.39, 0.29) is 6.67 Å². The summed E-state index contributed by atoms with van der Waals surface area (Å²) in [6, 6.07) is 0. The summed E-state index contributed by atoms with van der Waals surface area (Å²) in [6.07, 6.45) is 3.21. The zero-order valence-electron chi connectivity index (χ0n) is 8.94. The summed E-state index contributed by atoms with van der Waals surface area (Å²) in [7, 11) is 0. The standard InChI is InChI=1S/C10H14ClFN4/c11-9-10(14-3-2-13-9)16-7-5-15(4-1-12)6-8-16/h2-3H,1,4-8H2. The van der Waals surface area contributed by atoms with Crippen molar-refractivity contribution in [2.75, 3.05) is 44.3 Å². The first kappa shape index (κ1) is 11.5. The number of alkyl halides is 1. The van der Waals surface area contributed by atoms with E-state index in [2.05, 4.69) is 19.8 Å². The summed E-state index contributed by atoms with van der Waals surface area (Å²) in [4.78, 5) is 12.4. The van der Waals surface area contributed by atoms with Crippen LogP contribution in [-0.2, 0) is 0 Å². The molecule has 0 radical (unpaired) electrons. The van der Waals surface area contributed by atoms with Gasteiger partial charge in [0.1, 0.15) is 6.67 Å². The number of hydrogen-bond donors (Lipinski definition) is 0. The molecule has 4 nitrogen and oxygen atoms in total. The van der Waals surface area contributed by atoms with Crippen LogP contribution in [0.3, 0.4) is 0 Å². The van der Waals surface area contributed by atoms with Crippen LogP contribution in [0.1, 0.15) is 0 Å². The van der Waals surface area contributed by atoms with E-state index in [9.17, 15) is 4.39 Å². The topological polar surface area (TPSA) is 32.3 Å². The van der Waals surface area contributed by atoms with Crippen molar-refractivity contribution in [3.63, 3.8) is 0 Å². The highest BCUT2D eigenvalue weighted by Crippen LogP contribution is 2.20. The normalized spacial score (nSPS) is 17.8. The fourth-order valence-electron chi connectivity index (χ4n) is 1.83. The van der Waals surface area contributed by atoms with Gasteiger partial charge in [-0.05, 0) is 0 Å². The Hall–Kier alpha value is -0.940. The van der Waals surface area contributed by atoms with Crippen LogP contribution in [0.2, 0.25) is 5.15 Å². The summed E-state index contributed by atoms with van der Waals surface area (Å²) < 4.78 is 12.2. The van der Waals surface area contributed by atoms with Gasteiger partial charge in [-0.2, -0.15) is 0 Å². The Morgan fingerprint density at radius 2 is 1.88 bits per heavy atom. The molecular formula is C10H14ClFN4. The average Bonchev–Trinajstić information content (AvgIpc) is 2.31. The minimum Gasteiger partial charge on any atom is -0.351 e. The molecule has 88 valence electrons. The van der Waals surface area contributed by atoms with Crippen molar-refractivity contribution in [3.8, 4) is 0 Å². The second-order valence-electron chi connectivity index (χ2n) is 3.69. The minimum absolute atomic E-state index is 0.286. The maximum Gasteiger partial charge on any atom is 0.171 e. The Labute approximate surface area is 99.0 Å². The van der Waals surface area contributed by atoms with Crippen molar-refractivity contribution in [1.29, 1.82) is 0 Å². The van der Waals surface area contributed by atoms with Gasteiger partial charge in [-0.15, -0.1) is 0 Å². The predicted molar refractivity (Wildman–Crippen MR) is 61.7 cm³/mol. The Bertz CT molecular complexity index is 341. The highest BCUT2D eigenvalue weighted by atomic mass is 35.5. The number of aromatic nitrogens is 2. The summed E-state index contributed by atoms with van der Waals surface area (Å²) in [6.45, 7) is 3.55. The Morgan fingerprint density at radius 3 is 2.50 bits per heavy atom. The van der Waals surface area contributed by atoms with E-state index in [1.54, 1.807) is 12.4 Å². The molecule has 2 rings (SSSR count). The van der Waals surface area contributed by atoms with Crippen LogP contribution in [0, 0.1) is 0 Å². The van der Waals surface area contributed by atoms with E-state index in [0.717, 1.165) is 32.0 Å². The molecule has 1 aliphatic rings. The Balaban J connectivity index is 1.96. The van der Waals surface area contributed by atoms with E-state index in [4.69, 9.17) is 11.6 Å². The molecule has 0 spiro atoms. The van der Waals surface area contributed by atoms with E-state index in [0.29, 0.717) is 11.7 Å². The lowest BCUT2D eigenvalue weighted by molar-refractivity contribution is 0.235. The van der Waals surface area contributed by atoms with Gasteiger partial charge in [0.15, 0.2) is 11.0 Å². The largest absolute Gasteiger partial charge is 0.351 e. The molecule has 0 bridgehead atoms. The minimum atomic E-state index is -0.286. The molecule has 0 amide bonds. The van der Waals surface area contributed by atoms with Gasteiger partial charge < -0.3 is 4.90 Å². The lowest BCUT2D eigenvalue weighted by Gasteiger charge is -2.34. The van der Waals surface area contributed by atoms with Crippen LogP contribution in [0.15, 0.2) is 12.4 Å². The van der Waals surface area contributed by atoms with E-state index >= 15 is 0 Å². The molecule has 1 saturated heterocycles. The summed E-state index contributed by atoms with van der Waals surface area (Å²) in [5.41, 5.74) is 0. The van der Waals surface area contributed by atoms with Crippen molar-refractivity contribution < 1.29 is 4.39 Å². The second kappa shape index (κ2) is 5.41.